The summed E-state index contributed by atoms with van der Waals surface area (Å²) in [5.74, 6) is 0. The molecule has 1 atom stereocenters. The van der Waals surface area contributed by atoms with Crippen molar-refractivity contribution in [3.05, 3.63) is 34.9 Å². The second-order valence-corrected chi connectivity index (χ2v) is 9.50. The third-order valence-corrected chi connectivity index (χ3v) is 5.11. The SMILES string of the molecule is Cc1ccc(CC(Br)(Br)S(=O)O)cc1C. The third kappa shape index (κ3) is 3.66. The molecule has 0 saturated carbocycles. The van der Waals surface area contributed by atoms with E-state index >= 15 is 0 Å². The zero-order valence-corrected chi connectivity index (χ0v) is 12.4. The van der Waals surface area contributed by atoms with E-state index in [1.165, 1.54) is 11.1 Å². The Morgan fingerprint density at radius 1 is 1.33 bits per heavy atom. The van der Waals surface area contributed by atoms with Crippen molar-refractivity contribution in [3.63, 3.8) is 0 Å². The van der Waals surface area contributed by atoms with E-state index in [1.807, 2.05) is 32.0 Å². The Kier molecular flexibility index (Phi) is 4.52. The van der Waals surface area contributed by atoms with Crippen LogP contribution in [-0.2, 0) is 17.5 Å². The van der Waals surface area contributed by atoms with Crippen molar-refractivity contribution >= 4 is 42.9 Å². The molecule has 1 unspecified atom stereocenters. The molecule has 1 rings (SSSR count). The van der Waals surface area contributed by atoms with Crippen molar-refractivity contribution in [3.8, 4) is 0 Å². The topological polar surface area (TPSA) is 37.3 Å². The molecule has 0 aromatic heterocycles. The highest BCUT2D eigenvalue weighted by atomic mass is 79.9. The summed E-state index contributed by atoms with van der Waals surface area (Å²) in [4.78, 5) is 0. The molecule has 0 amide bonds. The van der Waals surface area contributed by atoms with E-state index in [-0.39, 0.29) is 0 Å². The zero-order valence-electron chi connectivity index (χ0n) is 8.46. The van der Waals surface area contributed by atoms with Crippen LogP contribution in [0, 0.1) is 13.8 Å². The van der Waals surface area contributed by atoms with Crippen LogP contribution in [0.1, 0.15) is 16.7 Å². The molecule has 1 aromatic carbocycles. The molecule has 0 aliphatic rings. The maximum atomic E-state index is 11.0. The van der Waals surface area contributed by atoms with Crippen molar-refractivity contribution in [2.75, 3.05) is 0 Å². The second-order valence-electron chi connectivity index (χ2n) is 3.48. The number of hydrogen-bond acceptors (Lipinski definition) is 1. The molecule has 5 heteroatoms. The predicted molar refractivity (Wildman–Crippen MR) is 71.0 cm³/mol. The van der Waals surface area contributed by atoms with Crippen LogP contribution in [0.2, 0.25) is 0 Å². The minimum Gasteiger partial charge on any atom is -0.304 e. The lowest BCUT2D eigenvalue weighted by atomic mass is 10.1. The molecule has 0 aliphatic heterocycles. The standard InChI is InChI=1S/C10H12Br2O2S/c1-7-3-4-9(5-8(7)2)6-10(11,12)15(13)14/h3-5H,6H2,1-2H3,(H,13,14). The Morgan fingerprint density at radius 2 is 1.93 bits per heavy atom. The Labute approximate surface area is 109 Å². The highest BCUT2D eigenvalue weighted by Gasteiger charge is 2.30. The van der Waals surface area contributed by atoms with Gasteiger partial charge in [-0.3, -0.25) is 0 Å². The molecule has 1 aromatic rings. The van der Waals surface area contributed by atoms with Gasteiger partial charge < -0.3 is 4.55 Å². The molecule has 15 heavy (non-hydrogen) atoms. The lowest BCUT2D eigenvalue weighted by molar-refractivity contribution is 0.558. The second kappa shape index (κ2) is 5.08. The van der Waals surface area contributed by atoms with Crippen molar-refractivity contribution in [1.29, 1.82) is 0 Å². The van der Waals surface area contributed by atoms with Crippen LogP contribution in [0.15, 0.2) is 18.2 Å². The lowest BCUT2D eigenvalue weighted by Gasteiger charge is -2.16. The van der Waals surface area contributed by atoms with Crippen LogP contribution in [0.5, 0.6) is 0 Å². The molecule has 2 nitrogen and oxygen atoms in total. The van der Waals surface area contributed by atoms with Gasteiger partial charge in [0.05, 0.1) is 0 Å². The molecule has 1 N–H and O–H groups in total. The van der Waals surface area contributed by atoms with Gasteiger partial charge in [0.15, 0.2) is 13.6 Å². The monoisotopic (exact) mass is 354 g/mol. The summed E-state index contributed by atoms with van der Waals surface area (Å²) in [7, 11) is 0. The molecule has 0 fully saturated rings. The summed E-state index contributed by atoms with van der Waals surface area (Å²) >= 11 is 4.43. The summed E-state index contributed by atoms with van der Waals surface area (Å²) in [5, 5.41) is 0. The quantitative estimate of drug-likeness (QED) is 0.665. The van der Waals surface area contributed by atoms with Gasteiger partial charge in [-0.25, -0.2) is 4.21 Å². The van der Waals surface area contributed by atoms with Crippen molar-refractivity contribution in [2.24, 2.45) is 0 Å². The first-order valence-corrected chi connectivity index (χ1v) is 7.07. The van der Waals surface area contributed by atoms with E-state index in [1.54, 1.807) is 0 Å². The van der Waals surface area contributed by atoms with Gasteiger partial charge in [-0.1, -0.05) is 50.1 Å². The molecule has 0 aliphatic carbocycles. The van der Waals surface area contributed by atoms with Gasteiger partial charge >= 0.3 is 0 Å². The van der Waals surface area contributed by atoms with Crippen LogP contribution in [0.25, 0.3) is 0 Å². The van der Waals surface area contributed by atoms with Gasteiger partial charge in [0.25, 0.3) is 0 Å². The van der Waals surface area contributed by atoms with E-state index in [0.29, 0.717) is 6.42 Å². The first kappa shape index (κ1) is 13.4. The number of halogens is 2. The summed E-state index contributed by atoms with van der Waals surface area (Å²) < 4.78 is 19.1. The Morgan fingerprint density at radius 3 is 2.40 bits per heavy atom. The molecule has 0 radical (unpaired) electrons. The predicted octanol–water partition coefficient (Wildman–Crippen LogP) is 3.51. The number of benzene rings is 1. The van der Waals surface area contributed by atoms with Crippen molar-refractivity contribution < 1.29 is 8.76 Å². The molecule has 0 spiro atoms. The van der Waals surface area contributed by atoms with Gasteiger partial charge in [0.1, 0.15) is 0 Å². The highest BCUT2D eigenvalue weighted by molar-refractivity contribution is 9.27. The number of rotatable bonds is 3. The van der Waals surface area contributed by atoms with Crippen LogP contribution >= 0.6 is 31.9 Å². The number of aryl methyl sites for hydroxylation is 2. The van der Waals surface area contributed by atoms with E-state index in [0.717, 1.165) is 5.56 Å². The number of hydrogen-bond donors (Lipinski definition) is 1. The van der Waals surface area contributed by atoms with E-state index < -0.39 is 13.6 Å². The van der Waals surface area contributed by atoms with E-state index in [9.17, 15) is 4.21 Å². The number of alkyl halides is 2. The van der Waals surface area contributed by atoms with Crippen LogP contribution in [0.3, 0.4) is 0 Å². The molecular formula is C10H12Br2O2S. The van der Waals surface area contributed by atoms with E-state index in [4.69, 9.17) is 4.55 Å². The van der Waals surface area contributed by atoms with Crippen LogP contribution < -0.4 is 0 Å². The fourth-order valence-corrected chi connectivity index (χ4v) is 2.15. The van der Waals surface area contributed by atoms with Gasteiger partial charge in [0, 0.05) is 6.42 Å². The average Bonchev–Trinajstić information content (AvgIpc) is 2.10. The third-order valence-electron chi connectivity index (χ3n) is 2.24. The maximum absolute atomic E-state index is 11.0. The normalized spacial score (nSPS) is 13.9. The minimum atomic E-state index is -1.96. The minimum absolute atomic E-state index is 0.456. The zero-order chi connectivity index (χ0) is 11.6. The van der Waals surface area contributed by atoms with Crippen molar-refractivity contribution in [2.45, 2.75) is 22.8 Å². The smallest absolute Gasteiger partial charge is 0.184 e. The van der Waals surface area contributed by atoms with Crippen LogP contribution in [-0.4, -0.2) is 11.3 Å². The Balaban J connectivity index is 2.91. The van der Waals surface area contributed by atoms with E-state index in [2.05, 4.69) is 31.9 Å². The molecule has 84 valence electrons. The largest absolute Gasteiger partial charge is 0.304 e. The average molecular weight is 356 g/mol. The fourth-order valence-electron chi connectivity index (χ4n) is 1.21. The highest BCUT2D eigenvalue weighted by Crippen LogP contribution is 2.33. The lowest BCUT2D eigenvalue weighted by Crippen LogP contribution is -2.21. The van der Waals surface area contributed by atoms with Gasteiger partial charge in [-0.2, -0.15) is 0 Å². The van der Waals surface area contributed by atoms with Crippen LogP contribution in [0.4, 0.5) is 0 Å². The summed E-state index contributed by atoms with van der Waals surface area (Å²) in [6.07, 6.45) is 0.456. The summed E-state index contributed by atoms with van der Waals surface area (Å²) in [5.41, 5.74) is 3.43. The fraction of sp³-hybridized carbons (Fsp3) is 0.400. The van der Waals surface area contributed by atoms with Crippen molar-refractivity contribution in [1.82, 2.24) is 0 Å². The van der Waals surface area contributed by atoms with Gasteiger partial charge in [0.2, 0.25) is 0 Å². The molecular weight excluding hydrogens is 344 g/mol. The molecule has 0 heterocycles. The molecule has 0 bridgehead atoms. The van der Waals surface area contributed by atoms with Gasteiger partial charge in [-0.15, -0.1) is 0 Å². The molecule has 0 saturated heterocycles. The maximum Gasteiger partial charge on any atom is 0.184 e. The first-order chi connectivity index (χ1) is 6.83. The Bertz CT molecular complexity index is 391. The summed E-state index contributed by atoms with van der Waals surface area (Å²) in [6, 6.07) is 6.01. The Hall–Kier alpha value is 0.290. The van der Waals surface area contributed by atoms with Gasteiger partial charge in [-0.05, 0) is 30.5 Å². The summed E-state index contributed by atoms with van der Waals surface area (Å²) in [6.45, 7) is 4.07. The first-order valence-electron chi connectivity index (χ1n) is 4.38.